The topological polar surface area (TPSA) is 38.3 Å². The van der Waals surface area contributed by atoms with Crippen molar-refractivity contribution in [3.8, 4) is 0 Å². The molecule has 3 heteroatoms. The van der Waals surface area contributed by atoms with Gasteiger partial charge in [0.15, 0.2) is 0 Å². The fourth-order valence-electron chi connectivity index (χ4n) is 0.589. The van der Waals surface area contributed by atoms with Crippen molar-refractivity contribution in [2.45, 2.75) is 26.3 Å². The molecular formula is C7H15NO2. The van der Waals surface area contributed by atoms with Gasteiger partial charge < -0.3 is 10.1 Å². The molecule has 1 amide bonds. The number of nitrogens with one attached hydrogen (secondary N) is 1. The van der Waals surface area contributed by atoms with E-state index in [0.29, 0.717) is 13.0 Å². The van der Waals surface area contributed by atoms with Crippen molar-refractivity contribution in [3.05, 3.63) is 0 Å². The molecule has 0 unspecified atom stereocenters. The lowest BCUT2D eigenvalue weighted by atomic mass is 10.3. The van der Waals surface area contributed by atoms with Gasteiger partial charge in [-0.25, -0.2) is 0 Å². The van der Waals surface area contributed by atoms with E-state index in [0.717, 1.165) is 0 Å². The monoisotopic (exact) mass is 145 g/mol. The summed E-state index contributed by atoms with van der Waals surface area (Å²) in [7, 11) is 1.59. The fourth-order valence-corrected chi connectivity index (χ4v) is 0.589. The Kier molecular flexibility index (Phi) is 4.94. The molecule has 0 bridgehead atoms. The molecule has 0 aliphatic rings. The van der Waals surface area contributed by atoms with Crippen molar-refractivity contribution in [1.29, 1.82) is 0 Å². The lowest BCUT2D eigenvalue weighted by Gasteiger charge is -2.06. The largest absolute Gasteiger partial charge is 0.384 e. The van der Waals surface area contributed by atoms with E-state index in [-0.39, 0.29) is 11.9 Å². The first-order chi connectivity index (χ1) is 4.66. The number of hydrogen-bond donors (Lipinski definition) is 1. The molecule has 60 valence electrons. The van der Waals surface area contributed by atoms with Crippen LogP contribution < -0.4 is 5.32 Å². The average Bonchev–Trinajstić information content (AvgIpc) is 1.82. The normalized spacial score (nSPS) is 10.0. The number of rotatable bonds is 4. The summed E-state index contributed by atoms with van der Waals surface area (Å²) in [4.78, 5) is 10.8. The molecule has 0 fully saturated rings. The third-order valence-corrected chi connectivity index (χ3v) is 0.983. The highest BCUT2D eigenvalue weighted by molar-refractivity contribution is 5.76. The minimum Gasteiger partial charge on any atom is -0.384 e. The van der Waals surface area contributed by atoms with Gasteiger partial charge in [0.1, 0.15) is 0 Å². The third-order valence-electron chi connectivity index (χ3n) is 0.983. The Balaban J connectivity index is 3.26. The van der Waals surface area contributed by atoms with E-state index in [1.54, 1.807) is 7.11 Å². The van der Waals surface area contributed by atoms with Crippen molar-refractivity contribution < 1.29 is 9.53 Å². The summed E-state index contributed by atoms with van der Waals surface area (Å²) in [6, 6.07) is 0.226. The van der Waals surface area contributed by atoms with Crippen LogP contribution in [0.5, 0.6) is 0 Å². The zero-order valence-corrected chi connectivity index (χ0v) is 6.81. The van der Waals surface area contributed by atoms with Crippen molar-refractivity contribution in [2.24, 2.45) is 0 Å². The van der Waals surface area contributed by atoms with Gasteiger partial charge in [0.05, 0.1) is 6.61 Å². The molecule has 10 heavy (non-hydrogen) atoms. The Hall–Kier alpha value is -0.570. The molecule has 0 aromatic rings. The maximum absolute atomic E-state index is 10.8. The number of carbonyl (C=O) groups is 1. The van der Waals surface area contributed by atoms with Crippen LogP contribution in [0.2, 0.25) is 0 Å². The van der Waals surface area contributed by atoms with Crippen LogP contribution in [-0.4, -0.2) is 25.7 Å². The molecule has 0 aromatic heterocycles. The predicted molar refractivity (Wildman–Crippen MR) is 39.8 cm³/mol. The lowest BCUT2D eigenvalue weighted by Crippen LogP contribution is -2.30. The maximum Gasteiger partial charge on any atom is 0.222 e. The summed E-state index contributed by atoms with van der Waals surface area (Å²) in [6.45, 7) is 4.37. The van der Waals surface area contributed by atoms with Crippen molar-refractivity contribution in [2.75, 3.05) is 13.7 Å². The molecular weight excluding hydrogens is 130 g/mol. The zero-order chi connectivity index (χ0) is 7.98. The second-order valence-electron chi connectivity index (χ2n) is 2.47. The van der Waals surface area contributed by atoms with Crippen LogP contribution in [0.3, 0.4) is 0 Å². The van der Waals surface area contributed by atoms with E-state index in [1.807, 2.05) is 13.8 Å². The van der Waals surface area contributed by atoms with Gasteiger partial charge in [-0.3, -0.25) is 4.79 Å². The minimum absolute atomic E-state index is 0.0526. The molecule has 0 heterocycles. The van der Waals surface area contributed by atoms with E-state index in [1.165, 1.54) is 0 Å². The van der Waals surface area contributed by atoms with E-state index >= 15 is 0 Å². The number of carbonyl (C=O) groups excluding carboxylic acids is 1. The maximum atomic E-state index is 10.8. The SMILES string of the molecule is COCCC(=O)NC(C)C. The number of amides is 1. The molecule has 0 spiro atoms. The lowest BCUT2D eigenvalue weighted by molar-refractivity contribution is -0.122. The summed E-state index contributed by atoms with van der Waals surface area (Å²) >= 11 is 0. The highest BCUT2D eigenvalue weighted by Crippen LogP contribution is 1.83. The smallest absolute Gasteiger partial charge is 0.222 e. The fraction of sp³-hybridized carbons (Fsp3) is 0.857. The van der Waals surface area contributed by atoms with Crippen LogP contribution in [0, 0.1) is 0 Å². The molecule has 0 aromatic carbocycles. The molecule has 0 rings (SSSR count). The van der Waals surface area contributed by atoms with Gasteiger partial charge in [0.25, 0.3) is 0 Å². The third kappa shape index (κ3) is 5.56. The van der Waals surface area contributed by atoms with Gasteiger partial charge in [-0.2, -0.15) is 0 Å². The molecule has 0 radical (unpaired) electrons. The Morgan fingerprint density at radius 2 is 2.20 bits per heavy atom. The molecule has 0 aliphatic heterocycles. The highest BCUT2D eigenvalue weighted by Gasteiger charge is 2.00. The first-order valence-corrected chi connectivity index (χ1v) is 3.45. The number of ether oxygens (including phenoxy) is 1. The minimum atomic E-state index is 0.0526. The van der Waals surface area contributed by atoms with Crippen LogP contribution in [-0.2, 0) is 9.53 Å². The summed E-state index contributed by atoms with van der Waals surface area (Å²) in [6.07, 6.45) is 0.453. The van der Waals surface area contributed by atoms with Crippen LogP contribution in [0.25, 0.3) is 0 Å². The quantitative estimate of drug-likeness (QED) is 0.627. The van der Waals surface area contributed by atoms with Gasteiger partial charge in [-0.15, -0.1) is 0 Å². The van der Waals surface area contributed by atoms with Gasteiger partial charge in [0, 0.05) is 19.6 Å². The Labute approximate surface area is 61.8 Å². The second-order valence-corrected chi connectivity index (χ2v) is 2.47. The Morgan fingerprint density at radius 3 is 2.60 bits per heavy atom. The van der Waals surface area contributed by atoms with Gasteiger partial charge in [-0.05, 0) is 13.8 Å². The summed E-state index contributed by atoms with van der Waals surface area (Å²) in [5.41, 5.74) is 0. The van der Waals surface area contributed by atoms with Crippen molar-refractivity contribution >= 4 is 5.91 Å². The van der Waals surface area contributed by atoms with E-state index in [9.17, 15) is 4.79 Å². The van der Waals surface area contributed by atoms with Crippen LogP contribution >= 0.6 is 0 Å². The first kappa shape index (κ1) is 9.43. The number of methoxy groups -OCH3 is 1. The molecule has 1 N–H and O–H groups in total. The first-order valence-electron chi connectivity index (χ1n) is 3.45. The molecule has 0 aliphatic carbocycles. The van der Waals surface area contributed by atoms with Crippen LogP contribution in [0.1, 0.15) is 20.3 Å². The molecule has 0 saturated carbocycles. The van der Waals surface area contributed by atoms with E-state index in [4.69, 9.17) is 4.74 Å². The Bertz CT molecular complexity index is 102. The van der Waals surface area contributed by atoms with E-state index in [2.05, 4.69) is 5.32 Å². The van der Waals surface area contributed by atoms with Crippen LogP contribution in [0.15, 0.2) is 0 Å². The molecule has 3 nitrogen and oxygen atoms in total. The van der Waals surface area contributed by atoms with Gasteiger partial charge in [-0.1, -0.05) is 0 Å². The Morgan fingerprint density at radius 1 is 1.60 bits per heavy atom. The van der Waals surface area contributed by atoms with Crippen molar-refractivity contribution in [1.82, 2.24) is 5.32 Å². The van der Waals surface area contributed by atoms with Gasteiger partial charge in [0.2, 0.25) is 5.91 Å². The highest BCUT2D eigenvalue weighted by atomic mass is 16.5. The molecule has 0 saturated heterocycles. The standard InChI is InChI=1S/C7H15NO2/c1-6(2)8-7(9)4-5-10-3/h6H,4-5H2,1-3H3,(H,8,9). The van der Waals surface area contributed by atoms with Crippen molar-refractivity contribution in [3.63, 3.8) is 0 Å². The van der Waals surface area contributed by atoms with Gasteiger partial charge >= 0.3 is 0 Å². The molecule has 0 atom stereocenters. The predicted octanol–water partition coefficient (Wildman–Crippen LogP) is 0.547. The summed E-state index contributed by atoms with van der Waals surface area (Å²) in [5, 5.41) is 2.76. The average molecular weight is 145 g/mol. The zero-order valence-electron chi connectivity index (χ0n) is 6.81. The summed E-state index contributed by atoms with van der Waals surface area (Å²) < 4.78 is 4.73. The summed E-state index contributed by atoms with van der Waals surface area (Å²) in [5.74, 6) is 0.0526. The number of hydrogen-bond acceptors (Lipinski definition) is 2. The van der Waals surface area contributed by atoms with E-state index < -0.39 is 0 Å². The second kappa shape index (κ2) is 5.23. The van der Waals surface area contributed by atoms with Crippen LogP contribution in [0.4, 0.5) is 0 Å².